The number of carbonyl (C=O) groups excluding carboxylic acids is 1. The molecule has 0 atom stereocenters. The second-order valence-corrected chi connectivity index (χ2v) is 5.87. The van der Waals surface area contributed by atoms with Crippen LogP contribution >= 0.6 is 11.3 Å². The number of anilines is 1. The molecule has 0 aliphatic carbocycles. The number of thiazole rings is 1. The van der Waals surface area contributed by atoms with Gasteiger partial charge in [-0.3, -0.25) is 4.79 Å². The lowest BCUT2D eigenvalue weighted by molar-refractivity contribution is -0.114. The van der Waals surface area contributed by atoms with Gasteiger partial charge in [0.15, 0.2) is 0 Å². The minimum Gasteiger partial charge on any atom is -0.311 e. The summed E-state index contributed by atoms with van der Waals surface area (Å²) in [4.78, 5) is 20.9. The first kappa shape index (κ1) is 14.4. The zero-order valence-corrected chi connectivity index (χ0v) is 13.1. The summed E-state index contributed by atoms with van der Waals surface area (Å²) < 4.78 is 0. The van der Waals surface area contributed by atoms with E-state index in [2.05, 4.69) is 40.4 Å². The van der Waals surface area contributed by atoms with Crippen LogP contribution in [0.3, 0.4) is 0 Å². The zero-order valence-electron chi connectivity index (χ0n) is 12.3. The van der Waals surface area contributed by atoms with Crippen molar-refractivity contribution in [1.29, 1.82) is 0 Å². The van der Waals surface area contributed by atoms with Gasteiger partial charge in [-0.25, -0.2) is 9.97 Å². The quantitative estimate of drug-likeness (QED) is 0.791. The molecule has 0 bridgehead atoms. The first-order chi connectivity index (χ1) is 10.6. The van der Waals surface area contributed by atoms with Gasteiger partial charge < -0.3 is 5.32 Å². The number of hydrogen-bond donors (Lipinski definition) is 1. The fourth-order valence-corrected chi connectivity index (χ4v) is 3.08. The van der Waals surface area contributed by atoms with Crippen molar-refractivity contribution >= 4 is 23.1 Å². The molecule has 0 saturated heterocycles. The van der Waals surface area contributed by atoms with Gasteiger partial charge in [0.25, 0.3) is 0 Å². The number of benzene rings is 1. The molecule has 1 N–H and O–H groups in total. The van der Waals surface area contributed by atoms with Crippen molar-refractivity contribution in [3.63, 3.8) is 0 Å². The van der Waals surface area contributed by atoms with E-state index >= 15 is 0 Å². The van der Waals surface area contributed by atoms with Gasteiger partial charge in [-0.2, -0.15) is 0 Å². The van der Waals surface area contributed by atoms with E-state index in [1.54, 1.807) is 17.5 Å². The summed E-state index contributed by atoms with van der Waals surface area (Å²) in [5.74, 6) is 0.418. The molecule has 2 aromatic heterocycles. The van der Waals surface area contributed by atoms with Gasteiger partial charge in [0.1, 0.15) is 5.82 Å². The number of aryl methyl sites for hydroxylation is 1. The summed E-state index contributed by atoms with van der Waals surface area (Å²) >= 11 is 1.58. The molecule has 3 aromatic rings. The van der Waals surface area contributed by atoms with Crippen LogP contribution in [-0.4, -0.2) is 15.9 Å². The molecular formula is C17H15N3OS. The molecule has 3 rings (SSSR count). The highest BCUT2D eigenvalue weighted by Gasteiger charge is 2.12. The Morgan fingerprint density at radius 3 is 2.77 bits per heavy atom. The molecule has 5 heteroatoms. The Bertz CT molecular complexity index is 826. The maximum Gasteiger partial charge on any atom is 0.222 e. The van der Waals surface area contributed by atoms with Crippen LogP contribution in [0.15, 0.2) is 48.1 Å². The van der Waals surface area contributed by atoms with Crippen LogP contribution in [0.4, 0.5) is 5.82 Å². The maximum absolute atomic E-state index is 11.2. The monoisotopic (exact) mass is 309 g/mol. The molecule has 110 valence electrons. The molecule has 1 amide bonds. The molecule has 0 aliphatic rings. The summed E-state index contributed by atoms with van der Waals surface area (Å²) in [6.07, 6.45) is 1.69. The molecular weight excluding hydrogens is 294 g/mol. The van der Waals surface area contributed by atoms with E-state index in [1.165, 1.54) is 12.5 Å². The van der Waals surface area contributed by atoms with E-state index in [1.807, 2.05) is 23.7 Å². The van der Waals surface area contributed by atoms with Crippen LogP contribution in [0.5, 0.6) is 0 Å². The highest BCUT2D eigenvalue weighted by Crippen LogP contribution is 2.35. The predicted molar refractivity (Wildman–Crippen MR) is 89.8 cm³/mol. The van der Waals surface area contributed by atoms with Crippen molar-refractivity contribution in [3.8, 4) is 21.7 Å². The average Bonchev–Trinajstić information content (AvgIpc) is 2.96. The molecule has 0 spiro atoms. The van der Waals surface area contributed by atoms with E-state index in [0.717, 1.165) is 21.7 Å². The van der Waals surface area contributed by atoms with Gasteiger partial charge >= 0.3 is 0 Å². The summed E-state index contributed by atoms with van der Waals surface area (Å²) in [7, 11) is 0. The highest BCUT2D eigenvalue weighted by molar-refractivity contribution is 7.13. The third-order valence-electron chi connectivity index (χ3n) is 3.19. The Kier molecular flexibility index (Phi) is 3.98. The summed E-state index contributed by atoms with van der Waals surface area (Å²) in [6.45, 7) is 3.54. The van der Waals surface area contributed by atoms with Crippen molar-refractivity contribution in [2.75, 3.05) is 5.32 Å². The Morgan fingerprint density at radius 1 is 1.14 bits per heavy atom. The standard InChI is InChI=1S/C17H15N3OS/c1-11-4-3-5-13(8-11)16-17(22-10-19-16)14-6-7-18-15(9-14)20-12(2)21/h3-10H,1-2H3,(H,18,20,21). The summed E-state index contributed by atoms with van der Waals surface area (Å²) in [5, 5.41) is 2.71. The number of amides is 1. The number of nitrogens with zero attached hydrogens (tertiary/aromatic N) is 2. The first-order valence-electron chi connectivity index (χ1n) is 6.88. The predicted octanol–water partition coefficient (Wildman–Crippen LogP) is 4.14. The Hall–Kier alpha value is -2.53. The van der Waals surface area contributed by atoms with Crippen LogP contribution in [0, 0.1) is 6.92 Å². The zero-order chi connectivity index (χ0) is 15.5. The van der Waals surface area contributed by atoms with E-state index in [9.17, 15) is 4.79 Å². The molecule has 2 heterocycles. The number of aromatic nitrogens is 2. The second-order valence-electron chi connectivity index (χ2n) is 5.01. The topological polar surface area (TPSA) is 54.9 Å². The third-order valence-corrected chi connectivity index (χ3v) is 4.06. The van der Waals surface area contributed by atoms with Gasteiger partial charge in [-0.1, -0.05) is 23.8 Å². The van der Waals surface area contributed by atoms with E-state index in [4.69, 9.17) is 0 Å². The summed E-state index contributed by atoms with van der Waals surface area (Å²) in [5.41, 5.74) is 6.08. The van der Waals surface area contributed by atoms with Crippen LogP contribution in [0.1, 0.15) is 12.5 Å². The van der Waals surface area contributed by atoms with E-state index < -0.39 is 0 Å². The number of carbonyl (C=O) groups is 1. The van der Waals surface area contributed by atoms with Crippen LogP contribution < -0.4 is 5.32 Å². The molecule has 1 aromatic carbocycles. The largest absolute Gasteiger partial charge is 0.311 e. The van der Waals surface area contributed by atoms with Crippen molar-refractivity contribution in [3.05, 3.63) is 53.7 Å². The van der Waals surface area contributed by atoms with Crippen LogP contribution in [0.25, 0.3) is 21.7 Å². The molecule has 22 heavy (non-hydrogen) atoms. The van der Waals surface area contributed by atoms with Crippen molar-refractivity contribution < 1.29 is 4.79 Å². The number of nitrogens with one attached hydrogen (secondary N) is 1. The number of rotatable bonds is 3. The Labute approximate surface area is 132 Å². The molecule has 0 radical (unpaired) electrons. The minimum absolute atomic E-state index is 0.132. The van der Waals surface area contributed by atoms with Gasteiger partial charge in [-0.05, 0) is 30.7 Å². The van der Waals surface area contributed by atoms with Crippen molar-refractivity contribution in [2.24, 2.45) is 0 Å². The Balaban J connectivity index is 2.03. The molecule has 0 fully saturated rings. The Morgan fingerprint density at radius 2 is 2.00 bits per heavy atom. The highest BCUT2D eigenvalue weighted by atomic mass is 32.1. The fourth-order valence-electron chi connectivity index (χ4n) is 2.27. The SMILES string of the molecule is CC(=O)Nc1cc(-c2scnc2-c2cccc(C)c2)ccn1. The molecule has 0 saturated carbocycles. The minimum atomic E-state index is -0.132. The fraction of sp³-hybridized carbons (Fsp3) is 0.118. The molecule has 0 aliphatic heterocycles. The van der Waals surface area contributed by atoms with E-state index in [-0.39, 0.29) is 5.91 Å². The molecule has 4 nitrogen and oxygen atoms in total. The number of hydrogen-bond acceptors (Lipinski definition) is 4. The smallest absolute Gasteiger partial charge is 0.222 e. The normalized spacial score (nSPS) is 10.5. The van der Waals surface area contributed by atoms with Crippen LogP contribution in [0.2, 0.25) is 0 Å². The van der Waals surface area contributed by atoms with Crippen molar-refractivity contribution in [2.45, 2.75) is 13.8 Å². The maximum atomic E-state index is 11.2. The van der Waals surface area contributed by atoms with Gasteiger partial charge in [-0.15, -0.1) is 11.3 Å². The lowest BCUT2D eigenvalue weighted by Gasteiger charge is -2.06. The van der Waals surface area contributed by atoms with Crippen LogP contribution in [-0.2, 0) is 4.79 Å². The lowest BCUT2D eigenvalue weighted by atomic mass is 10.1. The molecule has 0 unspecified atom stereocenters. The second kappa shape index (κ2) is 6.07. The van der Waals surface area contributed by atoms with Gasteiger partial charge in [0, 0.05) is 18.7 Å². The first-order valence-corrected chi connectivity index (χ1v) is 7.76. The summed E-state index contributed by atoms with van der Waals surface area (Å²) in [6, 6.07) is 12.1. The van der Waals surface area contributed by atoms with E-state index in [0.29, 0.717) is 5.82 Å². The average molecular weight is 309 g/mol. The number of pyridine rings is 1. The third kappa shape index (κ3) is 3.04. The van der Waals surface area contributed by atoms with Crippen molar-refractivity contribution in [1.82, 2.24) is 9.97 Å². The van der Waals surface area contributed by atoms with Gasteiger partial charge in [0.2, 0.25) is 5.91 Å². The van der Waals surface area contributed by atoms with Gasteiger partial charge in [0.05, 0.1) is 16.1 Å². The lowest BCUT2D eigenvalue weighted by Crippen LogP contribution is -2.07.